The molecule has 0 radical (unpaired) electrons. The van der Waals surface area contributed by atoms with Crippen molar-refractivity contribution in [2.24, 2.45) is 0 Å². The minimum absolute atomic E-state index is 0.0338. The van der Waals surface area contributed by atoms with Crippen LogP contribution in [0, 0.1) is 0 Å². The monoisotopic (exact) mass is 396 g/mol. The van der Waals surface area contributed by atoms with Gasteiger partial charge in [0.15, 0.2) is 0 Å². The Morgan fingerprint density at radius 1 is 0.931 bits per heavy atom. The number of carbonyl (C=O) groups is 3. The summed E-state index contributed by atoms with van der Waals surface area (Å²) in [6.45, 7) is 4.12. The highest BCUT2D eigenvalue weighted by Gasteiger charge is 2.10. The molecule has 0 aromatic heterocycles. The van der Waals surface area contributed by atoms with Gasteiger partial charge < -0.3 is 15.4 Å². The van der Waals surface area contributed by atoms with Crippen molar-refractivity contribution in [3.63, 3.8) is 0 Å². The SMILES string of the molecule is CC(C)NC(=O)c1ccc(NC(=O)CCC(=O)OCCCc2ccccc2)cc1. The highest BCUT2D eigenvalue weighted by atomic mass is 16.5. The second-order valence-corrected chi connectivity index (χ2v) is 7.06. The molecule has 6 nitrogen and oxygen atoms in total. The molecule has 0 aliphatic rings. The first-order chi connectivity index (χ1) is 13.9. The van der Waals surface area contributed by atoms with Crippen LogP contribution in [-0.4, -0.2) is 30.4 Å². The van der Waals surface area contributed by atoms with E-state index in [1.165, 1.54) is 5.56 Å². The van der Waals surface area contributed by atoms with Gasteiger partial charge in [-0.3, -0.25) is 14.4 Å². The molecule has 154 valence electrons. The largest absolute Gasteiger partial charge is 0.466 e. The van der Waals surface area contributed by atoms with Crippen LogP contribution in [0.2, 0.25) is 0 Å². The minimum atomic E-state index is -0.381. The zero-order valence-electron chi connectivity index (χ0n) is 16.9. The Balaban J connectivity index is 1.64. The summed E-state index contributed by atoms with van der Waals surface area (Å²) in [6.07, 6.45) is 1.68. The van der Waals surface area contributed by atoms with E-state index in [9.17, 15) is 14.4 Å². The first kappa shape index (κ1) is 22.1. The van der Waals surface area contributed by atoms with Gasteiger partial charge in [0.2, 0.25) is 5.91 Å². The Kier molecular flexibility index (Phi) is 8.89. The fourth-order valence-electron chi connectivity index (χ4n) is 2.67. The van der Waals surface area contributed by atoms with Gasteiger partial charge >= 0.3 is 5.97 Å². The fraction of sp³-hybridized carbons (Fsp3) is 0.348. The Hall–Kier alpha value is -3.15. The van der Waals surface area contributed by atoms with E-state index in [2.05, 4.69) is 10.6 Å². The van der Waals surface area contributed by atoms with Gasteiger partial charge in [0, 0.05) is 23.7 Å². The van der Waals surface area contributed by atoms with Gasteiger partial charge in [0.1, 0.15) is 0 Å². The maximum Gasteiger partial charge on any atom is 0.306 e. The number of ether oxygens (including phenoxy) is 1. The van der Waals surface area contributed by atoms with E-state index in [0.717, 1.165) is 12.8 Å². The van der Waals surface area contributed by atoms with Crippen LogP contribution in [0.25, 0.3) is 0 Å². The van der Waals surface area contributed by atoms with Crippen LogP contribution in [0.3, 0.4) is 0 Å². The Morgan fingerprint density at radius 2 is 1.62 bits per heavy atom. The summed E-state index contributed by atoms with van der Waals surface area (Å²) in [7, 11) is 0. The lowest BCUT2D eigenvalue weighted by atomic mass is 10.1. The fourth-order valence-corrected chi connectivity index (χ4v) is 2.67. The summed E-state index contributed by atoms with van der Waals surface area (Å²) in [6, 6.07) is 16.7. The minimum Gasteiger partial charge on any atom is -0.466 e. The molecular weight excluding hydrogens is 368 g/mol. The standard InChI is InChI=1S/C23H28N2O4/c1-17(2)24-23(28)19-10-12-20(13-11-19)25-21(26)14-15-22(27)29-16-6-9-18-7-4-3-5-8-18/h3-5,7-8,10-13,17H,6,9,14-16H2,1-2H3,(H,24,28)(H,25,26). The van der Waals surface area contributed by atoms with Crippen LogP contribution in [0.15, 0.2) is 54.6 Å². The van der Waals surface area contributed by atoms with E-state index in [4.69, 9.17) is 4.74 Å². The van der Waals surface area contributed by atoms with Gasteiger partial charge in [0.25, 0.3) is 5.91 Å². The third-order valence-electron chi connectivity index (χ3n) is 4.12. The molecule has 0 spiro atoms. The van der Waals surface area contributed by atoms with Crippen molar-refractivity contribution in [2.75, 3.05) is 11.9 Å². The maximum atomic E-state index is 12.0. The quantitative estimate of drug-likeness (QED) is 0.473. The molecule has 2 aromatic carbocycles. The molecule has 2 amide bonds. The highest BCUT2D eigenvalue weighted by molar-refractivity contribution is 5.96. The second kappa shape index (κ2) is 11.6. The molecule has 0 aliphatic carbocycles. The van der Waals surface area contributed by atoms with Gasteiger partial charge in [-0.05, 0) is 56.5 Å². The number of nitrogens with one attached hydrogen (secondary N) is 2. The molecule has 2 N–H and O–H groups in total. The topological polar surface area (TPSA) is 84.5 Å². The summed E-state index contributed by atoms with van der Waals surface area (Å²) in [5.74, 6) is -0.813. The Morgan fingerprint density at radius 3 is 2.28 bits per heavy atom. The molecular formula is C23H28N2O4. The first-order valence-corrected chi connectivity index (χ1v) is 9.84. The number of carbonyl (C=O) groups excluding carboxylic acids is 3. The molecule has 0 saturated carbocycles. The van der Waals surface area contributed by atoms with Crippen molar-refractivity contribution >= 4 is 23.5 Å². The van der Waals surface area contributed by atoms with E-state index >= 15 is 0 Å². The lowest BCUT2D eigenvalue weighted by Crippen LogP contribution is -2.30. The summed E-state index contributed by atoms with van der Waals surface area (Å²) < 4.78 is 5.17. The zero-order valence-corrected chi connectivity index (χ0v) is 16.9. The molecule has 0 bridgehead atoms. The second-order valence-electron chi connectivity index (χ2n) is 7.06. The normalized spacial score (nSPS) is 10.4. The van der Waals surface area contributed by atoms with Crippen LogP contribution in [0.5, 0.6) is 0 Å². The molecule has 0 saturated heterocycles. The van der Waals surface area contributed by atoms with Gasteiger partial charge in [-0.1, -0.05) is 30.3 Å². The van der Waals surface area contributed by atoms with Crippen LogP contribution >= 0.6 is 0 Å². The number of aryl methyl sites for hydroxylation is 1. The van der Waals surface area contributed by atoms with E-state index in [0.29, 0.717) is 17.9 Å². The number of amides is 2. The van der Waals surface area contributed by atoms with Crippen LogP contribution < -0.4 is 10.6 Å². The van der Waals surface area contributed by atoms with E-state index in [-0.39, 0.29) is 36.7 Å². The third-order valence-corrected chi connectivity index (χ3v) is 4.12. The van der Waals surface area contributed by atoms with Gasteiger partial charge in [-0.15, -0.1) is 0 Å². The number of benzene rings is 2. The number of esters is 1. The average Bonchev–Trinajstić information content (AvgIpc) is 2.70. The molecule has 6 heteroatoms. The predicted octanol–water partition coefficient (Wildman–Crippen LogP) is 3.72. The summed E-state index contributed by atoms with van der Waals surface area (Å²) >= 11 is 0. The van der Waals surface area contributed by atoms with Gasteiger partial charge in [0.05, 0.1) is 13.0 Å². The Bertz CT molecular complexity index is 801. The average molecular weight is 396 g/mol. The lowest BCUT2D eigenvalue weighted by Gasteiger charge is -2.09. The van der Waals surface area contributed by atoms with Crippen molar-refractivity contribution in [3.8, 4) is 0 Å². The van der Waals surface area contributed by atoms with Crippen molar-refractivity contribution in [1.82, 2.24) is 5.32 Å². The van der Waals surface area contributed by atoms with E-state index in [1.54, 1.807) is 24.3 Å². The predicted molar refractivity (Wildman–Crippen MR) is 113 cm³/mol. The van der Waals surface area contributed by atoms with Crippen molar-refractivity contribution in [1.29, 1.82) is 0 Å². The van der Waals surface area contributed by atoms with E-state index < -0.39 is 0 Å². The zero-order chi connectivity index (χ0) is 21.1. The van der Waals surface area contributed by atoms with Gasteiger partial charge in [-0.2, -0.15) is 0 Å². The molecule has 0 fully saturated rings. The molecule has 2 aromatic rings. The first-order valence-electron chi connectivity index (χ1n) is 9.84. The van der Waals surface area contributed by atoms with Crippen molar-refractivity contribution < 1.29 is 19.1 Å². The van der Waals surface area contributed by atoms with Crippen LogP contribution in [0.1, 0.15) is 49.0 Å². The lowest BCUT2D eigenvalue weighted by molar-refractivity contribution is -0.144. The van der Waals surface area contributed by atoms with Gasteiger partial charge in [-0.25, -0.2) is 0 Å². The molecule has 0 heterocycles. The number of hydrogen-bond acceptors (Lipinski definition) is 4. The van der Waals surface area contributed by atoms with Crippen molar-refractivity contribution in [2.45, 2.75) is 45.6 Å². The summed E-state index contributed by atoms with van der Waals surface area (Å²) in [4.78, 5) is 35.7. The van der Waals surface area contributed by atoms with Crippen LogP contribution in [-0.2, 0) is 20.7 Å². The molecule has 2 rings (SSSR count). The third kappa shape index (κ3) is 8.60. The number of anilines is 1. The highest BCUT2D eigenvalue weighted by Crippen LogP contribution is 2.11. The molecule has 0 atom stereocenters. The smallest absolute Gasteiger partial charge is 0.306 e. The molecule has 0 aliphatic heterocycles. The van der Waals surface area contributed by atoms with E-state index in [1.807, 2.05) is 44.2 Å². The Labute approximate surface area is 171 Å². The molecule has 0 unspecified atom stereocenters. The number of hydrogen-bond donors (Lipinski definition) is 2. The van der Waals surface area contributed by atoms with Crippen LogP contribution in [0.4, 0.5) is 5.69 Å². The summed E-state index contributed by atoms with van der Waals surface area (Å²) in [5.41, 5.74) is 2.30. The molecule has 29 heavy (non-hydrogen) atoms. The maximum absolute atomic E-state index is 12.0. The number of rotatable bonds is 10. The summed E-state index contributed by atoms with van der Waals surface area (Å²) in [5, 5.41) is 5.52. The van der Waals surface area contributed by atoms with Crippen molar-refractivity contribution in [3.05, 3.63) is 65.7 Å².